The molecule has 0 aliphatic heterocycles. The molecule has 2 atom stereocenters. The average Bonchev–Trinajstić information content (AvgIpc) is 3.60. The molecule has 0 saturated carbocycles. The number of allylic oxidation sites excluding steroid dienone is 2. The average molecular weight is 734 g/mol. The molecule has 0 saturated heterocycles. The van der Waals surface area contributed by atoms with Gasteiger partial charge in [-0.05, 0) is 0 Å². The zero-order valence-electron chi connectivity index (χ0n) is 26.4. The predicted molar refractivity (Wildman–Crippen MR) is 198 cm³/mol. The second-order valence-corrected chi connectivity index (χ2v) is 55.9. The van der Waals surface area contributed by atoms with Gasteiger partial charge in [0, 0.05) is 0 Å². The Morgan fingerprint density at radius 3 is 1.43 bits per heavy atom. The van der Waals surface area contributed by atoms with Gasteiger partial charge >= 0.3 is 282 Å². The van der Waals surface area contributed by atoms with Gasteiger partial charge in [-0.2, -0.15) is 0 Å². The zero-order valence-corrected chi connectivity index (χ0v) is 31.6. The first-order chi connectivity index (χ1) is 22.2. The van der Waals surface area contributed by atoms with Gasteiger partial charge in [0.05, 0.1) is 0 Å². The normalized spacial score (nSPS) is 18.3. The van der Waals surface area contributed by atoms with Crippen molar-refractivity contribution in [2.24, 2.45) is 0 Å². The Balaban J connectivity index is 1.32. The molecule has 0 amide bonds. The summed E-state index contributed by atoms with van der Waals surface area (Å²) in [4.78, 5) is 9.83. The summed E-state index contributed by atoms with van der Waals surface area (Å²) >= 11 is -4.81. The van der Waals surface area contributed by atoms with Crippen LogP contribution in [0.3, 0.4) is 0 Å². The van der Waals surface area contributed by atoms with Crippen molar-refractivity contribution < 1.29 is 15.6 Å². The first-order valence-electron chi connectivity index (χ1n) is 16.1. The third-order valence-corrected chi connectivity index (χ3v) is 62.9. The van der Waals surface area contributed by atoms with Crippen molar-refractivity contribution in [3.8, 4) is 22.5 Å². The molecule has 8 rings (SSSR count). The van der Waals surface area contributed by atoms with Gasteiger partial charge in [-0.25, -0.2) is 0 Å². The minimum atomic E-state index is -4.81. The summed E-state index contributed by atoms with van der Waals surface area (Å²) < 4.78 is 0.0556. The van der Waals surface area contributed by atoms with Crippen molar-refractivity contribution in [1.29, 1.82) is 0 Å². The summed E-state index contributed by atoms with van der Waals surface area (Å²) in [5.74, 6) is -1.65. The predicted octanol–water partition coefficient (Wildman–Crippen LogP) is 11.7. The zero-order chi connectivity index (χ0) is 31.8. The molecule has 227 valence electrons. The number of aromatic nitrogens is 2. The molecule has 0 spiro atoms. The van der Waals surface area contributed by atoms with Gasteiger partial charge in [-0.1, -0.05) is 0 Å². The van der Waals surface area contributed by atoms with Crippen LogP contribution < -0.4 is 0 Å². The van der Waals surface area contributed by atoms with Crippen LogP contribution in [0.2, 0.25) is 13.1 Å². The Morgan fingerprint density at radius 1 is 0.565 bits per heavy atom. The molecule has 2 nitrogen and oxygen atoms in total. The summed E-state index contributed by atoms with van der Waals surface area (Å²) in [6.07, 6.45) is 8.56. The number of benzene rings is 4. The van der Waals surface area contributed by atoms with Crippen LogP contribution in [0, 0.1) is 0 Å². The van der Waals surface area contributed by atoms with Crippen LogP contribution in [-0.2, 0) is 15.6 Å². The van der Waals surface area contributed by atoms with Gasteiger partial charge in [-0.15, -0.1) is 0 Å². The summed E-state index contributed by atoms with van der Waals surface area (Å²) in [6, 6.07) is 34.5. The molecule has 2 heterocycles. The van der Waals surface area contributed by atoms with E-state index in [1.165, 1.54) is 44.2 Å². The number of fused-ring (bicyclic) bond motifs is 4. The van der Waals surface area contributed by atoms with Crippen molar-refractivity contribution >= 4 is 56.6 Å². The fourth-order valence-electron chi connectivity index (χ4n) is 8.48. The Labute approximate surface area is 279 Å². The van der Waals surface area contributed by atoms with Gasteiger partial charge < -0.3 is 0 Å². The molecule has 4 aromatic carbocycles. The van der Waals surface area contributed by atoms with Crippen LogP contribution >= 0.6 is 17.0 Å². The molecule has 6 aromatic rings. The van der Waals surface area contributed by atoms with Crippen LogP contribution in [0.15, 0.2) is 121 Å². The maximum absolute atomic E-state index is 8.50. The van der Waals surface area contributed by atoms with E-state index in [2.05, 4.69) is 136 Å². The molecule has 6 heteroatoms. The molecule has 2 aliphatic carbocycles. The summed E-state index contributed by atoms with van der Waals surface area (Å²) in [5, 5.41) is 4.69. The van der Waals surface area contributed by atoms with Crippen molar-refractivity contribution in [2.45, 2.75) is 34.2 Å². The topological polar surface area (TPSA) is 25.8 Å². The molecule has 2 aromatic heterocycles. The van der Waals surface area contributed by atoms with E-state index in [1.807, 2.05) is 12.4 Å². The SMILES string of the molecule is CC1=Cc2c(-c3nccc4ccccc34)cccc2[CH]1[Zr]([Cl])([Cl])([CH]1C(C)=Cc2c(-c3nccc4ccccc34)cccc21)[SiH](C)C. The van der Waals surface area contributed by atoms with E-state index in [1.54, 1.807) is 0 Å². The number of pyridine rings is 2. The quantitative estimate of drug-likeness (QED) is 0.165. The molecule has 0 radical (unpaired) electrons. The van der Waals surface area contributed by atoms with Gasteiger partial charge in [-0.3, -0.25) is 0 Å². The molecule has 0 N–H and O–H groups in total. The number of halogens is 2. The molecule has 2 aliphatic rings. The van der Waals surface area contributed by atoms with Crippen LogP contribution in [0.1, 0.15) is 43.4 Å². The summed E-state index contributed by atoms with van der Waals surface area (Å²) in [5.41, 5.74) is 11.9. The number of nitrogens with zero attached hydrogens (tertiary/aromatic N) is 2. The standard InChI is InChI=1S/2C19H14N.C2H7Si.2ClH.Zr/c2*1-13-11-15-6-4-8-17(18(15)12-13)19-16-7-3-2-5-14(16)9-10-20-19;1-3-2;;;/h2*2-12H,1H3;3H,1-2H3;2*1H;/q;;;;;+2/p-2. The first-order valence-corrected chi connectivity index (χ1v) is 32.4. The minimum absolute atomic E-state index is 0.0278. The van der Waals surface area contributed by atoms with E-state index < -0.39 is 21.5 Å². The molecule has 2 unspecified atom stereocenters. The number of hydrogen-bond acceptors (Lipinski definition) is 2. The van der Waals surface area contributed by atoms with Crippen LogP contribution in [0.4, 0.5) is 0 Å². The van der Waals surface area contributed by atoms with Gasteiger partial charge in [0.15, 0.2) is 0 Å². The summed E-state index contributed by atoms with van der Waals surface area (Å²) in [6.45, 7) is 9.30. The van der Waals surface area contributed by atoms with Gasteiger partial charge in [0.25, 0.3) is 0 Å². The van der Waals surface area contributed by atoms with E-state index in [9.17, 15) is 0 Å². The van der Waals surface area contributed by atoms with Crippen molar-refractivity contribution in [3.63, 3.8) is 0 Å². The van der Waals surface area contributed by atoms with Crippen molar-refractivity contribution in [1.82, 2.24) is 9.97 Å². The Morgan fingerprint density at radius 2 is 1.00 bits per heavy atom. The second-order valence-electron chi connectivity index (χ2n) is 13.4. The van der Waals surface area contributed by atoms with E-state index in [4.69, 9.17) is 27.0 Å². The number of hydrogen-bond donors (Lipinski definition) is 0. The van der Waals surface area contributed by atoms with Crippen LogP contribution in [0.25, 0.3) is 56.2 Å². The van der Waals surface area contributed by atoms with Crippen molar-refractivity contribution in [3.05, 3.63) is 143 Å². The first kappa shape index (κ1) is 30.2. The monoisotopic (exact) mass is 731 g/mol. The van der Waals surface area contributed by atoms with Crippen molar-refractivity contribution in [2.75, 3.05) is 0 Å². The van der Waals surface area contributed by atoms with Crippen LogP contribution in [-0.4, -0.2) is 15.9 Å². The molecular formula is C40H35Cl2N2SiZr. The molecule has 46 heavy (non-hydrogen) atoms. The van der Waals surface area contributed by atoms with Gasteiger partial charge in [0.2, 0.25) is 0 Å². The molecule has 0 fully saturated rings. The van der Waals surface area contributed by atoms with E-state index in [-0.39, 0.29) is 7.25 Å². The molecular weight excluding hydrogens is 699 g/mol. The Hall–Kier alpha value is -3.14. The van der Waals surface area contributed by atoms with E-state index >= 15 is 0 Å². The maximum atomic E-state index is 8.50. The fraction of sp³-hybridized carbons (Fsp3) is 0.150. The van der Waals surface area contributed by atoms with Crippen LogP contribution in [0.5, 0.6) is 0 Å². The van der Waals surface area contributed by atoms with E-state index in [0.717, 1.165) is 33.3 Å². The number of rotatable bonds is 5. The third-order valence-electron chi connectivity index (χ3n) is 10.6. The van der Waals surface area contributed by atoms with Gasteiger partial charge in [0.1, 0.15) is 0 Å². The second kappa shape index (κ2) is 11.0. The Bertz CT molecular complexity index is 2120. The van der Waals surface area contributed by atoms with E-state index in [0.29, 0.717) is 0 Å². The fourth-order valence-corrected chi connectivity index (χ4v) is 41.4. The molecule has 0 bridgehead atoms. The summed E-state index contributed by atoms with van der Waals surface area (Å²) in [7, 11) is 17.0. The third kappa shape index (κ3) is 4.30. The Kier molecular flexibility index (Phi) is 7.20.